The van der Waals surface area contributed by atoms with Crippen molar-refractivity contribution in [1.82, 2.24) is 19.3 Å². The second-order valence-corrected chi connectivity index (χ2v) is 7.84. The molecule has 30 heavy (non-hydrogen) atoms. The molecule has 2 aromatic heterocycles. The van der Waals surface area contributed by atoms with Crippen LogP contribution in [-0.4, -0.2) is 35.6 Å². The molecular formula is C23H26N4O2S. The molecule has 0 amide bonds. The molecule has 156 valence electrons. The Morgan fingerprint density at radius 3 is 2.80 bits per heavy atom. The number of nitrogens with zero attached hydrogens (tertiary/aromatic N) is 3. The van der Waals surface area contributed by atoms with Gasteiger partial charge in [0.15, 0.2) is 10.6 Å². The monoisotopic (exact) mass is 422 g/mol. The number of hydrogen-bond acceptors (Lipinski definition) is 4. The van der Waals surface area contributed by atoms with E-state index in [4.69, 9.17) is 12.2 Å². The lowest BCUT2D eigenvalue weighted by atomic mass is 10.1. The second kappa shape index (κ2) is 8.45. The van der Waals surface area contributed by atoms with Crippen molar-refractivity contribution in [2.45, 2.75) is 45.8 Å². The summed E-state index contributed by atoms with van der Waals surface area (Å²) >= 11 is 5.56. The van der Waals surface area contributed by atoms with Gasteiger partial charge in [-0.1, -0.05) is 26.3 Å². The van der Waals surface area contributed by atoms with E-state index in [1.54, 1.807) is 6.08 Å². The predicted molar refractivity (Wildman–Crippen MR) is 122 cm³/mol. The van der Waals surface area contributed by atoms with E-state index in [2.05, 4.69) is 40.0 Å². The summed E-state index contributed by atoms with van der Waals surface area (Å²) in [6.07, 6.45) is 9.23. The van der Waals surface area contributed by atoms with Crippen LogP contribution in [0.1, 0.15) is 38.9 Å². The smallest absolute Gasteiger partial charge is 0.200 e. The van der Waals surface area contributed by atoms with Crippen LogP contribution in [0.4, 0.5) is 0 Å². The number of nitrogens with one attached hydrogen (secondary N) is 1. The Hall–Kier alpha value is -2.90. The summed E-state index contributed by atoms with van der Waals surface area (Å²) in [6, 6.07) is 8.22. The van der Waals surface area contributed by atoms with E-state index >= 15 is 0 Å². The largest absolute Gasteiger partial charge is 0.507 e. The summed E-state index contributed by atoms with van der Waals surface area (Å²) in [5, 5.41) is 29.2. The van der Waals surface area contributed by atoms with Crippen molar-refractivity contribution >= 4 is 28.7 Å². The molecule has 0 aliphatic heterocycles. The molecule has 2 heterocycles. The maximum absolute atomic E-state index is 10.7. The zero-order valence-electron chi connectivity index (χ0n) is 17.2. The van der Waals surface area contributed by atoms with Crippen LogP contribution >= 0.6 is 12.2 Å². The molecule has 0 fully saturated rings. The van der Waals surface area contributed by atoms with Gasteiger partial charge in [0, 0.05) is 18.1 Å². The molecule has 0 saturated carbocycles. The van der Waals surface area contributed by atoms with E-state index in [1.807, 2.05) is 29.7 Å². The zero-order chi connectivity index (χ0) is 21.3. The SMILES string of the molecule is CCCCn1ccc2c(-n3c(C4=CC(CC)=CC(O)C=C4O)n[nH]c3=S)cccc21. The van der Waals surface area contributed by atoms with Gasteiger partial charge in [-0.25, -0.2) is 0 Å². The summed E-state index contributed by atoms with van der Waals surface area (Å²) in [5.74, 6) is 0.487. The van der Waals surface area contributed by atoms with Crippen LogP contribution in [0.2, 0.25) is 0 Å². The summed E-state index contributed by atoms with van der Waals surface area (Å²) in [4.78, 5) is 0. The van der Waals surface area contributed by atoms with Gasteiger partial charge in [-0.05, 0) is 67.1 Å². The van der Waals surface area contributed by atoms with Crippen LogP contribution in [-0.2, 0) is 6.54 Å². The molecule has 1 atom stereocenters. The molecule has 1 aliphatic rings. The Bertz CT molecular complexity index is 1230. The highest BCUT2D eigenvalue weighted by Gasteiger charge is 2.21. The maximum Gasteiger partial charge on any atom is 0.200 e. The molecule has 7 heteroatoms. The van der Waals surface area contributed by atoms with Gasteiger partial charge in [-0.3, -0.25) is 9.67 Å². The summed E-state index contributed by atoms with van der Waals surface area (Å²) in [6.45, 7) is 5.15. The fourth-order valence-electron chi connectivity index (χ4n) is 3.85. The van der Waals surface area contributed by atoms with Crippen LogP contribution in [0, 0.1) is 4.77 Å². The first kappa shape index (κ1) is 20.4. The van der Waals surface area contributed by atoms with Crippen molar-refractivity contribution in [2.24, 2.45) is 0 Å². The third-order valence-corrected chi connectivity index (χ3v) is 5.70. The van der Waals surface area contributed by atoms with Crippen molar-refractivity contribution in [3.05, 3.63) is 70.6 Å². The number of hydrogen-bond donors (Lipinski definition) is 3. The number of aliphatic hydroxyl groups is 2. The van der Waals surface area contributed by atoms with Crippen LogP contribution in [0.5, 0.6) is 0 Å². The molecule has 0 radical (unpaired) electrons. The second-order valence-electron chi connectivity index (χ2n) is 7.46. The van der Waals surface area contributed by atoms with Crippen molar-refractivity contribution in [2.75, 3.05) is 0 Å². The fourth-order valence-corrected chi connectivity index (χ4v) is 4.08. The van der Waals surface area contributed by atoms with E-state index < -0.39 is 6.10 Å². The highest BCUT2D eigenvalue weighted by Crippen LogP contribution is 2.31. The number of aromatic amines is 1. The number of unbranched alkanes of at least 4 members (excludes halogenated alkanes) is 1. The molecule has 0 bridgehead atoms. The standard InChI is InChI=1S/C23H26N4O2S/c1-3-5-10-26-11-9-17-19(26)7-6-8-20(17)27-22(24-25-23(27)30)18-13-15(4-2)12-16(28)14-21(18)29/h6-9,11-14,16,28-29H,3-5,10H2,1-2H3,(H,25,30). The van der Waals surface area contributed by atoms with E-state index in [0.717, 1.165) is 48.0 Å². The average molecular weight is 423 g/mol. The van der Waals surface area contributed by atoms with Gasteiger partial charge in [0.1, 0.15) is 5.76 Å². The molecule has 1 unspecified atom stereocenters. The molecule has 3 aromatic rings. The van der Waals surface area contributed by atoms with Gasteiger partial charge in [-0.15, -0.1) is 0 Å². The Kier molecular flexibility index (Phi) is 5.74. The Morgan fingerprint density at radius 1 is 1.20 bits per heavy atom. The van der Waals surface area contributed by atoms with Gasteiger partial charge in [-0.2, -0.15) is 5.10 Å². The number of H-pyrrole nitrogens is 1. The van der Waals surface area contributed by atoms with Crippen LogP contribution in [0.3, 0.4) is 0 Å². The maximum atomic E-state index is 10.7. The molecule has 4 rings (SSSR count). The topological polar surface area (TPSA) is 79.0 Å². The Labute approximate surface area is 180 Å². The van der Waals surface area contributed by atoms with E-state index in [1.165, 1.54) is 6.08 Å². The minimum absolute atomic E-state index is 0.0230. The zero-order valence-corrected chi connectivity index (χ0v) is 18.0. The van der Waals surface area contributed by atoms with Crippen LogP contribution in [0.25, 0.3) is 22.2 Å². The lowest BCUT2D eigenvalue weighted by Crippen LogP contribution is -2.05. The first-order valence-corrected chi connectivity index (χ1v) is 10.7. The molecular weight excluding hydrogens is 396 g/mol. The first-order chi connectivity index (χ1) is 14.5. The number of benzene rings is 1. The van der Waals surface area contributed by atoms with E-state index in [0.29, 0.717) is 16.2 Å². The number of aromatic nitrogens is 4. The van der Waals surface area contributed by atoms with E-state index in [-0.39, 0.29) is 5.76 Å². The summed E-state index contributed by atoms with van der Waals surface area (Å²) in [7, 11) is 0. The summed E-state index contributed by atoms with van der Waals surface area (Å²) < 4.78 is 4.55. The minimum Gasteiger partial charge on any atom is -0.507 e. The van der Waals surface area contributed by atoms with Crippen LogP contribution < -0.4 is 0 Å². The Morgan fingerprint density at radius 2 is 2.03 bits per heavy atom. The Balaban J connectivity index is 1.90. The van der Waals surface area contributed by atoms with Gasteiger partial charge in [0.25, 0.3) is 0 Å². The number of aryl methyl sites for hydroxylation is 1. The highest BCUT2D eigenvalue weighted by molar-refractivity contribution is 7.71. The third kappa shape index (κ3) is 3.66. The summed E-state index contributed by atoms with van der Waals surface area (Å²) in [5.41, 5.74) is 3.47. The fraction of sp³-hybridized carbons (Fsp3) is 0.304. The lowest BCUT2D eigenvalue weighted by Gasteiger charge is -2.12. The molecule has 6 nitrogen and oxygen atoms in total. The predicted octanol–water partition coefficient (Wildman–Crippen LogP) is 5.22. The van der Waals surface area contributed by atoms with Gasteiger partial charge in [0.05, 0.1) is 22.9 Å². The van der Waals surface area contributed by atoms with Crippen molar-refractivity contribution in [3.63, 3.8) is 0 Å². The molecule has 0 saturated heterocycles. The normalized spacial score (nSPS) is 16.9. The quantitative estimate of drug-likeness (QED) is 0.476. The van der Waals surface area contributed by atoms with Crippen molar-refractivity contribution < 1.29 is 10.2 Å². The number of allylic oxidation sites excluding steroid dienone is 3. The van der Waals surface area contributed by atoms with E-state index in [9.17, 15) is 10.2 Å². The minimum atomic E-state index is -0.847. The molecule has 1 aliphatic carbocycles. The van der Waals surface area contributed by atoms with Crippen LogP contribution in [0.15, 0.2) is 60.0 Å². The molecule has 0 spiro atoms. The highest BCUT2D eigenvalue weighted by atomic mass is 32.1. The van der Waals surface area contributed by atoms with Gasteiger partial charge in [0.2, 0.25) is 0 Å². The first-order valence-electron chi connectivity index (χ1n) is 10.3. The van der Waals surface area contributed by atoms with Crippen molar-refractivity contribution in [3.8, 4) is 5.69 Å². The number of aliphatic hydroxyl groups excluding tert-OH is 2. The number of rotatable bonds is 6. The van der Waals surface area contributed by atoms with Gasteiger partial charge >= 0.3 is 0 Å². The lowest BCUT2D eigenvalue weighted by molar-refractivity contribution is 0.265. The number of fused-ring (bicyclic) bond motifs is 1. The average Bonchev–Trinajstić information content (AvgIpc) is 3.28. The molecule has 1 aromatic carbocycles. The third-order valence-electron chi connectivity index (χ3n) is 5.42. The van der Waals surface area contributed by atoms with Gasteiger partial charge < -0.3 is 14.8 Å². The van der Waals surface area contributed by atoms with Crippen molar-refractivity contribution in [1.29, 1.82) is 0 Å². The molecule has 3 N–H and O–H groups in total.